The molecule has 4 rings (SSSR count). The minimum atomic E-state index is -0.197. The van der Waals surface area contributed by atoms with Gasteiger partial charge in [0.05, 0.1) is 17.1 Å². The third kappa shape index (κ3) is 4.69. The Hall–Kier alpha value is -3.40. The number of hydrogen-bond donors (Lipinski definition) is 1. The van der Waals surface area contributed by atoms with Gasteiger partial charge in [-0.2, -0.15) is 0 Å². The first-order valence-electron chi connectivity index (χ1n) is 10.9. The SMILES string of the molecule is Cc1ccc(C(=O)NC(C)c2nc3ccccc3n2CCCc2ccccc2)c(C)c1. The molecule has 31 heavy (non-hydrogen) atoms. The molecule has 0 aliphatic heterocycles. The summed E-state index contributed by atoms with van der Waals surface area (Å²) in [4.78, 5) is 17.8. The zero-order valence-electron chi connectivity index (χ0n) is 18.4. The van der Waals surface area contributed by atoms with Crippen molar-refractivity contribution in [2.75, 3.05) is 0 Å². The number of imidazole rings is 1. The van der Waals surface area contributed by atoms with Gasteiger partial charge in [0.1, 0.15) is 5.82 Å². The summed E-state index contributed by atoms with van der Waals surface area (Å²) in [5, 5.41) is 3.16. The van der Waals surface area contributed by atoms with Crippen molar-refractivity contribution in [2.24, 2.45) is 0 Å². The summed E-state index contributed by atoms with van der Waals surface area (Å²) >= 11 is 0. The number of nitrogens with one attached hydrogen (secondary N) is 1. The predicted molar refractivity (Wildman–Crippen MR) is 126 cm³/mol. The lowest BCUT2D eigenvalue weighted by Gasteiger charge is -2.17. The summed E-state index contributed by atoms with van der Waals surface area (Å²) in [6, 6.07) is 24.4. The Bertz CT molecular complexity index is 1190. The maximum Gasteiger partial charge on any atom is 0.252 e. The van der Waals surface area contributed by atoms with Gasteiger partial charge in [0.2, 0.25) is 0 Å². The van der Waals surface area contributed by atoms with Crippen LogP contribution < -0.4 is 5.32 Å². The topological polar surface area (TPSA) is 46.9 Å². The molecule has 4 aromatic rings. The third-order valence-electron chi connectivity index (χ3n) is 5.74. The molecule has 0 bridgehead atoms. The van der Waals surface area contributed by atoms with Crippen molar-refractivity contribution in [3.8, 4) is 0 Å². The van der Waals surface area contributed by atoms with Crippen molar-refractivity contribution in [1.82, 2.24) is 14.9 Å². The molecule has 0 saturated heterocycles. The van der Waals surface area contributed by atoms with Gasteiger partial charge in [-0.25, -0.2) is 4.98 Å². The van der Waals surface area contributed by atoms with Gasteiger partial charge in [0, 0.05) is 12.1 Å². The van der Waals surface area contributed by atoms with Crippen molar-refractivity contribution < 1.29 is 4.79 Å². The summed E-state index contributed by atoms with van der Waals surface area (Å²) in [5.41, 5.74) is 6.26. The van der Waals surface area contributed by atoms with E-state index in [1.54, 1.807) is 0 Å². The van der Waals surface area contributed by atoms with Gasteiger partial charge in [-0.3, -0.25) is 4.79 Å². The highest BCUT2D eigenvalue weighted by atomic mass is 16.1. The molecule has 1 unspecified atom stereocenters. The standard InChI is InChI=1S/C27H29N3O/c1-19-15-16-23(20(2)18-19)27(31)28-21(3)26-29-24-13-7-8-14-25(24)30(26)17-9-12-22-10-5-4-6-11-22/h4-8,10-11,13-16,18,21H,9,12,17H2,1-3H3,(H,28,31). The average Bonchev–Trinajstić information content (AvgIpc) is 3.13. The van der Waals surface area contributed by atoms with E-state index >= 15 is 0 Å². The maximum absolute atomic E-state index is 12.9. The van der Waals surface area contributed by atoms with Crippen LogP contribution in [0, 0.1) is 13.8 Å². The van der Waals surface area contributed by atoms with Crippen molar-refractivity contribution in [3.63, 3.8) is 0 Å². The van der Waals surface area contributed by atoms with Crippen LogP contribution in [-0.4, -0.2) is 15.5 Å². The zero-order valence-corrected chi connectivity index (χ0v) is 18.4. The van der Waals surface area contributed by atoms with Crippen LogP contribution in [-0.2, 0) is 13.0 Å². The summed E-state index contributed by atoms with van der Waals surface area (Å²) in [6.45, 7) is 6.88. The number of aryl methyl sites for hydroxylation is 4. The first-order valence-corrected chi connectivity index (χ1v) is 10.9. The number of carbonyl (C=O) groups excluding carboxylic acids is 1. The van der Waals surface area contributed by atoms with E-state index in [0.717, 1.165) is 47.4 Å². The van der Waals surface area contributed by atoms with Crippen LogP contribution in [0.1, 0.15) is 52.3 Å². The van der Waals surface area contributed by atoms with Crippen molar-refractivity contribution in [3.05, 3.63) is 101 Å². The molecule has 0 spiro atoms. The van der Waals surface area contributed by atoms with E-state index in [0.29, 0.717) is 5.56 Å². The average molecular weight is 412 g/mol. The second-order valence-electron chi connectivity index (χ2n) is 8.21. The fourth-order valence-electron chi connectivity index (χ4n) is 4.15. The summed E-state index contributed by atoms with van der Waals surface area (Å²) < 4.78 is 2.26. The molecular formula is C27H29N3O. The van der Waals surface area contributed by atoms with Gasteiger partial charge >= 0.3 is 0 Å². The molecule has 3 aromatic carbocycles. The van der Waals surface area contributed by atoms with E-state index in [1.165, 1.54) is 5.56 Å². The molecule has 1 aromatic heterocycles. The molecule has 0 saturated carbocycles. The van der Waals surface area contributed by atoms with Crippen molar-refractivity contribution >= 4 is 16.9 Å². The van der Waals surface area contributed by atoms with Gasteiger partial charge in [0.15, 0.2) is 0 Å². The van der Waals surface area contributed by atoms with Crippen molar-refractivity contribution in [2.45, 2.75) is 46.2 Å². The lowest BCUT2D eigenvalue weighted by atomic mass is 10.0. The maximum atomic E-state index is 12.9. The molecule has 0 aliphatic rings. The Balaban J connectivity index is 1.55. The monoisotopic (exact) mass is 411 g/mol. The van der Waals surface area contributed by atoms with Gasteiger partial charge in [-0.05, 0) is 62.9 Å². The highest BCUT2D eigenvalue weighted by Gasteiger charge is 2.19. The normalized spacial score (nSPS) is 12.1. The molecule has 1 atom stereocenters. The summed E-state index contributed by atoms with van der Waals surface area (Å²) in [7, 11) is 0. The second kappa shape index (κ2) is 9.17. The van der Waals surface area contributed by atoms with Crippen LogP contribution in [0.4, 0.5) is 0 Å². The van der Waals surface area contributed by atoms with Crippen LogP contribution >= 0.6 is 0 Å². The Morgan fingerprint density at radius 3 is 2.52 bits per heavy atom. The van der Waals surface area contributed by atoms with Gasteiger partial charge < -0.3 is 9.88 Å². The number of amides is 1. The molecule has 4 heteroatoms. The molecular weight excluding hydrogens is 382 g/mol. The first kappa shape index (κ1) is 20.9. The van der Waals surface area contributed by atoms with Crippen LogP contribution in [0.3, 0.4) is 0 Å². The molecule has 0 aliphatic carbocycles. The summed E-state index contributed by atoms with van der Waals surface area (Å²) in [5.74, 6) is 0.834. The largest absolute Gasteiger partial charge is 0.342 e. The molecule has 0 fully saturated rings. The first-order chi connectivity index (χ1) is 15.0. The number of para-hydroxylation sites is 2. The van der Waals surface area contributed by atoms with E-state index in [-0.39, 0.29) is 11.9 Å². The number of rotatable bonds is 7. The Morgan fingerprint density at radius 1 is 1.00 bits per heavy atom. The zero-order chi connectivity index (χ0) is 21.8. The van der Waals surface area contributed by atoms with E-state index in [9.17, 15) is 4.79 Å². The molecule has 4 nitrogen and oxygen atoms in total. The van der Waals surface area contributed by atoms with Crippen LogP contribution in [0.2, 0.25) is 0 Å². The molecule has 1 heterocycles. The smallest absolute Gasteiger partial charge is 0.252 e. The lowest BCUT2D eigenvalue weighted by Crippen LogP contribution is -2.29. The highest BCUT2D eigenvalue weighted by Crippen LogP contribution is 2.22. The van der Waals surface area contributed by atoms with Gasteiger partial charge in [-0.1, -0.05) is 60.2 Å². The number of hydrogen-bond acceptors (Lipinski definition) is 2. The molecule has 1 N–H and O–H groups in total. The fraction of sp³-hybridized carbons (Fsp3) is 0.259. The molecule has 0 radical (unpaired) electrons. The minimum Gasteiger partial charge on any atom is -0.342 e. The fourth-order valence-corrected chi connectivity index (χ4v) is 4.15. The Kier molecular flexibility index (Phi) is 6.17. The molecule has 158 valence electrons. The number of aromatic nitrogens is 2. The van der Waals surface area contributed by atoms with Gasteiger partial charge in [0.25, 0.3) is 5.91 Å². The quantitative estimate of drug-likeness (QED) is 0.419. The highest BCUT2D eigenvalue weighted by molar-refractivity contribution is 5.96. The number of benzene rings is 3. The van der Waals surface area contributed by atoms with E-state index in [2.05, 4.69) is 40.2 Å². The lowest BCUT2D eigenvalue weighted by molar-refractivity contribution is 0.0937. The van der Waals surface area contributed by atoms with E-state index < -0.39 is 0 Å². The van der Waals surface area contributed by atoms with E-state index in [1.807, 2.05) is 63.2 Å². The summed E-state index contributed by atoms with van der Waals surface area (Å²) in [6.07, 6.45) is 2.02. The second-order valence-corrected chi connectivity index (χ2v) is 8.21. The van der Waals surface area contributed by atoms with E-state index in [4.69, 9.17) is 4.98 Å². The molecule has 1 amide bonds. The Morgan fingerprint density at radius 2 is 1.74 bits per heavy atom. The number of carbonyl (C=O) groups is 1. The Labute approximate surface area is 183 Å². The van der Waals surface area contributed by atoms with Crippen LogP contribution in [0.5, 0.6) is 0 Å². The van der Waals surface area contributed by atoms with Crippen molar-refractivity contribution in [1.29, 1.82) is 0 Å². The predicted octanol–water partition coefficient (Wildman–Crippen LogP) is 5.78. The minimum absolute atomic E-state index is 0.0621. The van der Waals surface area contributed by atoms with Crippen LogP contribution in [0.25, 0.3) is 11.0 Å². The third-order valence-corrected chi connectivity index (χ3v) is 5.74. The van der Waals surface area contributed by atoms with Gasteiger partial charge in [-0.15, -0.1) is 0 Å². The number of nitrogens with zero attached hydrogens (tertiary/aromatic N) is 2. The number of fused-ring (bicyclic) bond motifs is 1. The van der Waals surface area contributed by atoms with Crippen LogP contribution in [0.15, 0.2) is 72.8 Å².